The van der Waals surface area contributed by atoms with Crippen LogP contribution < -0.4 is 0 Å². The van der Waals surface area contributed by atoms with Gasteiger partial charge in [0.15, 0.2) is 5.60 Å². The van der Waals surface area contributed by atoms with Crippen LogP contribution in [0, 0.1) is 11.8 Å². The average molecular weight is 264 g/mol. The molecule has 0 spiro atoms. The number of hydrogen-bond acceptors (Lipinski definition) is 5. The maximum absolute atomic E-state index is 12.4. The Bertz CT molecular complexity index is 500. The van der Waals surface area contributed by atoms with Crippen LogP contribution in [0.4, 0.5) is 0 Å². The number of aliphatic hydroxyl groups is 1. The minimum Gasteiger partial charge on any atom is -0.448 e. The van der Waals surface area contributed by atoms with Crippen LogP contribution in [0.3, 0.4) is 0 Å². The Kier molecular flexibility index (Phi) is 2.33. The summed E-state index contributed by atoms with van der Waals surface area (Å²) in [5.74, 6) is -1.71. The van der Waals surface area contributed by atoms with E-state index in [2.05, 4.69) is 6.58 Å². The Morgan fingerprint density at radius 2 is 1.79 bits per heavy atom. The molecule has 0 aromatic carbocycles. The number of esters is 1. The molecular weight excluding hydrogens is 248 g/mol. The third kappa shape index (κ3) is 1.54. The zero-order chi connectivity index (χ0) is 14.0. The third-order valence-electron chi connectivity index (χ3n) is 4.60. The van der Waals surface area contributed by atoms with Crippen LogP contribution >= 0.6 is 0 Å². The molecule has 0 aromatic heterocycles. The molecule has 4 bridgehead atoms. The second-order valence-corrected chi connectivity index (χ2v) is 6.14. The Morgan fingerprint density at radius 1 is 1.26 bits per heavy atom. The van der Waals surface area contributed by atoms with E-state index in [4.69, 9.17) is 4.74 Å². The summed E-state index contributed by atoms with van der Waals surface area (Å²) in [4.78, 5) is 36.1. The molecule has 2 atom stereocenters. The zero-order valence-corrected chi connectivity index (χ0v) is 10.8. The number of carbonyl (C=O) groups excluding carboxylic acids is 3. The van der Waals surface area contributed by atoms with E-state index < -0.39 is 23.0 Å². The first kappa shape index (κ1) is 12.5. The number of ketones is 2. The molecule has 102 valence electrons. The lowest BCUT2D eigenvalue weighted by atomic mass is 9.51. The van der Waals surface area contributed by atoms with Gasteiger partial charge in [-0.05, 0) is 19.8 Å². The van der Waals surface area contributed by atoms with Crippen molar-refractivity contribution in [3.8, 4) is 0 Å². The number of ether oxygens (including phenoxy) is 1. The van der Waals surface area contributed by atoms with Gasteiger partial charge in [0.25, 0.3) is 0 Å². The Morgan fingerprint density at radius 3 is 2.26 bits per heavy atom. The van der Waals surface area contributed by atoms with Crippen molar-refractivity contribution in [1.29, 1.82) is 0 Å². The molecule has 0 aliphatic heterocycles. The van der Waals surface area contributed by atoms with Crippen LogP contribution in [0.15, 0.2) is 12.2 Å². The van der Waals surface area contributed by atoms with Gasteiger partial charge in [0, 0.05) is 30.3 Å². The van der Waals surface area contributed by atoms with Gasteiger partial charge in [-0.1, -0.05) is 6.58 Å². The van der Waals surface area contributed by atoms with Gasteiger partial charge in [-0.25, -0.2) is 4.79 Å². The molecule has 0 heterocycles. The fourth-order valence-electron chi connectivity index (χ4n) is 3.85. The van der Waals surface area contributed by atoms with Gasteiger partial charge in [-0.15, -0.1) is 0 Å². The van der Waals surface area contributed by atoms with E-state index in [1.165, 1.54) is 6.92 Å². The van der Waals surface area contributed by atoms with Gasteiger partial charge in [-0.3, -0.25) is 9.59 Å². The average Bonchev–Trinajstić information content (AvgIpc) is 2.30. The second kappa shape index (κ2) is 3.54. The van der Waals surface area contributed by atoms with E-state index in [1.807, 2.05) is 0 Å². The van der Waals surface area contributed by atoms with E-state index in [-0.39, 0.29) is 48.9 Å². The maximum Gasteiger partial charge on any atom is 0.334 e. The molecule has 0 radical (unpaired) electrons. The van der Waals surface area contributed by atoms with Gasteiger partial charge in [-0.2, -0.15) is 0 Å². The summed E-state index contributed by atoms with van der Waals surface area (Å²) in [6, 6.07) is 0. The molecule has 5 nitrogen and oxygen atoms in total. The first-order chi connectivity index (χ1) is 8.77. The van der Waals surface area contributed by atoms with Crippen molar-refractivity contribution in [1.82, 2.24) is 0 Å². The van der Waals surface area contributed by atoms with E-state index in [1.54, 1.807) is 0 Å². The van der Waals surface area contributed by atoms with Gasteiger partial charge >= 0.3 is 5.97 Å². The molecule has 19 heavy (non-hydrogen) atoms. The minimum absolute atomic E-state index is 0.0965. The summed E-state index contributed by atoms with van der Waals surface area (Å²) in [7, 11) is 0. The van der Waals surface area contributed by atoms with Crippen LogP contribution in [0.25, 0.3) is 0 Å². The first-order valence-corrected chi connectivity index (χ1v) is 6.47. The molecule has 4 aliphatic carbocycles. The van der Waals surface area contributed by atoms with E-state index >= 15 is 0 Å². The van der Waals surface area contributed by atoms with E-state index in [0.29, 0.717) is 0 Å². The predicted octanol–water partition coefficient (Wildman–Crippen LogP) is 0.547. The molecule has 4 fully saturated rings. The first-order valence-electron chi connectivity index (χ1n) is 6.47. The highest BCUT2D eigenvalue weighted by Gasteiger charge is 2.68. The molecule has 0 amide bonds. The zero-order valence-electron chi connectivity index (χ0n) is 10.8. The third-order valence-corrected chi connectivity index (χ3v) is 4.60. The number of hydrogen-bond donors (Lipinski definition) is 1. The van der Waals surface area contributed by atoms with Crippen LogP contribution in [0.2, 0.25) is 0 Å². The standard InChI is InChI=1S/C14H16O5/c1-7(2)11(16)19-14-5-8-3-13(18,12(14)17)4-9(6-14)10(8)15/h8-9,18H,1,3-6H2,2H3. The largest absolute Gasteiger partial charge is 0.448 e. The molecule has 4 aliphatic rings. The Labute approximate surface area is 110 Å². The molecule has 0 saturated heterocycles. The molecule has 5 heteroatoms. The normalized spacial score (nSPS) is 43.5. The molecule has 0 aromatic rings. The Balaban J connectivity index is 1.98. The lowest BCUT2D eigenvalue weighted by Crippen LogP contribution is -2.70. The van der Waals surface area contributed by atoms with E-state index in [9.17, 15) is 19.5 Å². The van der Waals surface area contributed by atoms with Crippen LogP contribution in [0.5, 0.6) is 0 Å². The molecule has 4 rings (SSSR count). The van der Waals surface area contributed by atoms with Gasteiger partial charge in [0.05, 0.1) is 0 Å². The van der Waals surface area contributed by atoms with Crippen LogP contribution in [0.1, 0.15) is 32.6 Å². The lowest BCUT2D eigenvalue weighted by molar-refractivity contribution is -0.209. The smallest absolute Gasteiger partial charge is 0.334 e. The van der Waals surface area contributed by atoms with Crippen molar-refractivity contribution < 1.29 is 24.2 Å². The Hall–Kier alpha value is -1.49. The van der Waals surface area contributed by atoms with Crippen molar-refractivity contribution in [2.75, 3.05) is 0 Å². The highest BCUT2D eigenvalue weighted by Crippen LogP contribution is 2.55. The van der Waals surface area contributed by atoms with Crippen LogP contribution in [-0.2, 0) is 19.1 Å². The van der Waals surface area contributed by atoms with E-state index in [0.717, 1.165) is 0 Å². The quantitative estimate of drug-likeness (QED) is 0.582. The summed E-state index contributed by atoms with van der Waals surface area (Å²) in [5, 5.41) is 10.4. The highest BCUT2D eigenvalue weighted by atomic mass is 16.6. The summed E-state index contributed by atoms with van der Waals surface area (Å²) in [6.07, 6.45) is 0.770. The lowest BCUT2D eigenvalue weighted by Gasteiger charge is -2.56. The summed E-state index contributed by atoms with van der Waals surface area (Å²) < 4.78 is 5.34. The van der Waals surface area contributed by atoms with Crippen molar-refractivity contribution in [2.24, 2.45) is 11.8 Å². The number of carbonyl (C=O) groups is 3. The van der Waals surface area contributed by atoms with Crippen molar-refractivity contribution in [3.05, 3.63) is 12.2 Å². The molecule has 4 saturated carbocycles. The monoisotopic (exact) mass is 264 g/mol. The van der Waals surface area contributed by atoms with Crippen LogP contribution in [-0.4, -0.2) is 33.8 Å². The van der Waals surface area contributed by atoms with Gasteiger partial charge < -0.3 is 9.84 Å². The topological polar surface area (TPSA) is 80.7 Å². The fraction of sp³-hybridized carbons (Fsp3) is 0.643. The predicted molar refractivity (Wildman–Crippen MR) is 64.0 cm³/mol. The molecule has 1 N–H and O–H groups in total. The maximum atomic E-state index is 12.4. The summed E-state index contributed by atoms with van der Waals surface area (Å²) in [6.45, 7) is 5.00. The SMILES string of the molecule is C=C(C)C(=O)OC12CC3CC(O)(CC(C1)C3=O)C2=O. The van der Waals surface area contributed by atoms with Gasteiger partial charge in [0.2, 0.25) is 5.78 Å². The van der Waals surface area contributed by atoms with Gasteiger partial charge in [0.1, 0.15) is 11.4 Å². The molecule has 2 unspecified atom stereocenters. The number of Topliss-reactive ketones (excluding diaryl/α,β-unsaturated/α-hetero) is 2. The molecular formula is C14H16O5. The second-order valence-electron chi connectivity index (χ2n) is 6.14. The number of rotatable bonds is 2. The fourth-order valence-corrected chi connectivity index (χ4v) is 3.85. The minimum atomic E-state index is -1.49. The summed E-state index contributed by atoms with van der Waals surface area (Å²) in [5.41, 5.74) is -2.60. The van der Waals surface area contributed by atoms with Crippen molar-refractivity contribution in [2.45, 2.75) is 43.8 Å². The van der Waals surface area contributed by atoms with Crippen molar-refractivity contribution in [3.63, 3.8) is 0 Å². The summed E-state index contributed by atoms with van der Waals surface area (Å²) >= 11 is 0. The highest BCUT2D eigenvalue weighted by molar-refractivity contribution is 6.04. The van der Waals surface area contributed by atoms with Crippen molar-refractivity contribution >= 4 is 17.5 Å².